The summed E-state index contributed by atoms with van der Waals surface area (Å²) in [6, 6.07) is 4.21. The van der Waals surface area contributed by atoms with E-state index in [9.17, 15) is 4.79 Å². The van der Waals surface area contributed by atoms with Crippen molar-refractivity contribution in [3.05, 3.63) is 33.6 Å². The number of nitrogens with zero attached hydrogens (tertiary/aromatic N) is 2. The second-order valence-electron chi connectivity index (χ2n) is 5.64. The van der Waals surface area contributed by atoms with Crippen molar-refractivity contribution in [1.29, 1.82) is 0 Å². The number of fused-ring (bicyclic) bond motifs is 1. The Labute approximate surface area is 129 Å². The summed E-state index contributed by atoms with van der Waals surface area (Å²) in [5.74, 6) is 0.764. The Morgan fingerprint density at radius 1 is 1.48 bits per heavy atom. The molecule has 5 heteroatoms. The Balaban J connectivity index is 1.77. The van der Waals surface area contributed by atoms with Crippen LogP contribution in [0.25, 0.3) is 0 Å². The zero-order chi connectivity index (χ0) is 14.8. The van der Waals surface area contributed by atoms with Crippen LogP contribution in [0.3, 0.4) is 0 Å². The largest absolute Gasteiger partial charge is 0.306 e. The highest BCUT2D eigenvalue weighted by molar-refractivity contribution is 7.14. The normalized spacial score (nSPS) is 15.5. The first-order valence-electron chi connectivity index (χ1n) is 7.65. The van der Waals surface area contributed by atoms with Gasteiger partial charge in [-0.05, 0) is 50.7 Å². The molecule has 0 bridgehead atoms. The van der Waals surface area contributed by atoms with Gasteiger partial charge in [0.2, 0.25) is 0 Å². The van der Waals surface area contributed by atoms with Crippen molar-refractivity contribution in [1.82, 2.24) is 9.78 Å². The summed E-state index contributed by atoms with van der Waals surface area (Å²) in [4.78, 5) is 14.7. The maximum absolute atomic E-state index is 12.5. The minimum Gasteiger partial charge on any atom is -0.306 e. The Bertz CT molecular complexity index is 620. The third kappa shape index (κ3) is 2.88. The van der Waals surface area contributed by atoms with E-state index in [4.69, 9.17) is 0 Å². The maximum Gasteiger partial charge on any atom is 0.266 e. The summed E-state index contributed by atoms with van der Waals surface area (Å²) in [7, 11) is 0. The van der Waals surface area contributed by atoms with Crippen LogP contribution in [0.2, 0.25) is 0 Å². The van der Waals surface area contributed by atoms with Crippen LogP contribution in [0.5, 0.6) is 0 Å². The van der Waals surface area contributed by atoms with Crippen LogP contribution < -0.4 is 5.32 Å². The Kier molecular flexibility index (Phi) is 4.10. The number of anilines is 1. The molecule has 1 N–H and O–H groups in total. The average Bonchev–Trinajstić information content (AvgIpc) is 3.12. The lowest BCUT2D eigenvalue weighted by molar-refractivity contribution is 0.102. The van der Waals surface area contributed by atoms with Crippen LogP contribution in [0.15, 0.2) is 18.3 Å². The van der Waals surface area contributed by atoms with Crippen LogP contribution in [0.1, 0.15) is 59.3 Å². The number of hydrogen-bond acceptors (Lipinski definition) is 3. The Morgan fingerprint density at radius 2 is 2.29 bits per heavy atom. The first-order valence-corrected chi connectivity index (χ1v) is 8.47. The number of carbonyl (C=O) groups excluding carboxylic acids is 1. The van der Waals surface area contributed by atoms with Crippen molar-refractivity contribution in [3.8, 4) is 0 Å². The number of thiophene rings is 1. The number of nitrogens with one attached hydrogen (secondary N) is 1. The van der Waals surface area contributed by atoms with Gasteiger partial charge in [-0.15, -0.1) is 11.3 Å². The van der Waals surface area contributed by atoms with Crippen LogP contribution in [0, 0.1) is 0 Å². The van der Waals surface area contributed by atoms with Gasteiger partial charge in [0.15, 0.2) is 0 Å². The Hall–Kier alpha value is -1.62. The molecule has 112 valence electrons. The summed E-state index contributed by atoms with van der Waals surface area (Å²) in [6.45, 7) is 4.22. The SMILES string of the molecule is CCC(C)n1nccc1NC(=O)c1cc2c(s1)CCCC2. The van der Waals surface area contributed by atoms with E-state index in [1.807, 2.05) is 10.7 Å². The maximum atomic E-state index is 12.5. The predicted octanol–water partition coefficient (Wildman–Crippen LogP) is 4.05. The summed E-state index contributed by atoms with van der Waals surface area (Å²) in [5, 5.41) is 7.31. The molecular weight excluding hydrogens is 282 g/mol. The lowest BCUT2D eigenvalue weighted by atomic mass is 9.99. The smallest absolute Gasteiger partial charge is 0.266 e. The van der Waals surface area contributed by atoms with Crippen molar-refractivity contribution in [2.24, 2.45) is 0 Å². The minimum atomic E-state index is -0.0144. The van der Waals surface area contributed by atoms with Crippen LogP contribution in [-0.2, 0) is 12.8 Å². The first kappa shape index (κ1) is 14.3. The number of aryl methyl sites for hydroxylation is 2. The number of hydrogen-bond donors (Lipinski definition) is 1. The monoisotopic (exact) mass is 303 g/mol. The Morgan fingerprint density at radius 3 is 3.05 bits per heavy atom. The topological polar surface area (TPSA) is 46.9 Å². The average molecular weight is 303 g/mol. The van der Waals surface area contributed by atoms with Gasteiger partial charge in [0.25, 0.3) is 5.91 Å². The molecule has 1 unspecified atom stereocenters. The molecule has 1 amide bonds. The van der Waals surface area contributed by atoms with Gasteiger partial charge in [-0.1, -0.05) is 6.92 Å². The van der Waals surface area contributed by atoms with E-state index in [-0.39, 0.29) is 11.9 Å². The van der Waals surface area contributed by atoms with E-state index in [1.54, 1.807) is 17.5 Å². The molecule has 1 aliphatic rings. The molecule has 0 aromatic carbocycles. The lowest BCUT2D eigenvalue weighted by Crippen LogP contribution is -2.16. The highest BCUT2D eigenvalue weighted by Crippen LogP contribution is 2.30. The van der Waals surface area contributed by atoms with Crippen molar-refractivity contribution < 1.29 is 4.79 Å². The highest BCUT2D eigenvalue weighted by Gasteiger charge is 2.18. The van der Waals surface area contributed by atoms with Crippen LogP contribution in [-0.4, -0.2) is 15.7 Å². The summed E-state index contributed by atoms with van der Waals surface area (Å²) >= 11 is 1.64. The van der Waals surface area contributed by atoms with E-state index < -0.39 is 0 Å². The zero-order valence-electron chi connectivity index (χ0n) is 12.6. The van der Waals surface area contributed by atoms with Gasteiger partial charge in [-0.3, -0.25) is 4.79 Å². The number of carbonyl (C=O) groups is 1. The third-order valence-corrected chi connectivity index (χ3v) is 5.38. The van der Waals surface area contributed by atoms with Gasteiger partial charge < -0.3 is 5.32 Å². The third-order valence-electron chi connectivity index (χ3n) is 4.14. The first-order chi connectivity index (χ1) is 10.2. The molecule has 0 radical (unpaired) electrons. The molecule has 1 atom stereocenters. The molecule has 0 spiro atoms. The standard InChI is InChI=1S/C16H21N3OS/c1-3-11(2)19-15(8-9-17-19)18-16(20)14-10-12-6-4-5-7-13(12)21-14/h8-11H,3-7H2,1-2H3,(H,18,20). The molecule has 2 aromatic rings. The number of amides is 1. The molecule has 0 saturated carbocycles. The van der Waals surface area contributed by atoms with Crippen molar-refractivity contribution in [3.63, 3.8) is 0 Å². The van der Waals surface area contributed by atoms with E-state index >= 15 is 0 Å². The van der Waals surface area contributed by atoms with E-state index in [1.165, 1.54) is 23.3 Å². The van der Waals surface area contributed by atoms with Crippen molar-refractivity contribution in [2.75, 3.05) is 5.32 Å². The molecule has 2 aromatic heterocycles. The van der Waals surface area contributed by atoms with Crippen molar-refractivity contribution >= 4 is 23.1 Å². The van der Waals surface area contributed by atoms with Gasteiger partial charge in [0, 0.05) is 10.9 Å². The lowest BCUT2D eigenvalue weighted by Gasteiger charge is -2.13. The molecule has 3 rings (SSSR count). The van der Waals surface area contributed by atoms with E-state index in [2.05, 4.69) is 30.3 Å². The van der Waals surface area contributed by atoms with Crippen molar-refractivity contribution in [2.45, 2.75) is 52.0 Å². The summed E-state index contributed by atoms with van der Waals surface area (Å²) < 4.78 is 1.88. The van der Waals surface area contributed by atoms with Gasteiger partial charge >= 0.3 is 0 Å². The molecule has 2 heterocycles. The fourth-order valence-electron chi connectivity index (χ4n) is 2.72. The highest BCUT2D eigenvalue weighted by atomic mass is 32.1. The quantitative estimate of drug-likeness (QED) is 0.926. The predicted molar refractivity (Wildman–Crippen MR) is 86.1 cm³/mol. The fraction of sp³-hybridized carbons (Fsp3) is 0.500. The van der Waals surface area contributed by atoms with E-state index in [0.717, 1.165) is 30.0 Å². The molecule has 21 heavy (non-hydrogen) atoms. The minimum absolute atomic E-state index is 0.0144. The van der Waals surface area contributed by atoms with Gasteiger partial charge in [0.05, 0.1) is 17.1 Å². The zero-order valence-corrected chi connectivity index (χ0v) is 13.4. The number of rotatable bonds is 4. The fourth-order valence-corrected chi connectivity index (χ4v) is 3.87. The second-order valence-corrected chi connectivity index (χ2v) is 6.78. The van der Waals surface area contributed by atoms with E-state index in [0.29, 0.717) is 0 Å². The molecule has 4 nitrogen and oxygen atoms in total. The molecular formula is C16H21N3OS. The van der Waals surface area contributed by atoms with Gasteiger partial charge in [-0.2, -0.15) is 5.10 Å². The van der Waals surface area contributed by atoms with Gasteiger partial charge in [-0.25, -0.2) is 4.68 Å². The molecule has 0 fully saturated rings. The number of aromatic nitrogens is 2. The second kappa shape index (κ2) is 6.02. The summed E-state index contributed by atoms with van der Waals surface area (Å²) in [6.07, 6.45) is 7.45. The summed E-state index contributed by atoms with van der Waals surface area (Å²) in [5.41, 5.74) is 1.37. The molecule has 0 saturated heterocycles. The van der Waals surface area contributed by atoms with Crippen LogP contribution >= 0.6 is 11.3 Å². The molecule has 0 aliphatic heterocycles. The van der Waals surface area contributed by atoms with Gasteiger partial charge in [0.1, 0.15) is 5.82 Å². The molecule has 1 aliphatic carbocycles. The van der Waals surface area contributed by atoms with Crippen LogP contribution in [0.4, 0.5) is 5.82 Å².